The molecule has 0 bridgehead atoms. The molecule has 0 unspecified atom stereocenters. The van der Waals surface area contributed by atoms with Crippen LogP contribution in [0.25, 0.3) is 0 Å². The molecule has 7 heteroatoms. The fraction of sp³-hybridized carbons (Fsp3) is 0.533. The van der Waals surface area contributed by atoms with E-state index in [2.05, 4.69) is 0 Å². The predicted molar refractivity (Wildman–Crippen MR) is 82.6 cm³/mol. The molecule has 2 aliphatic heterocycles. The smallest absolute Gasteiger partial charge is 0.253 e. The number of benzene rings is 1. The van der Waals surface area contributed by atoms with Gasteiger partial charge in [-0.25, -0.2) is 12.7 Å². The molecule has 1 aromatic rings. The van der Waals surface area contributed by atoms with Crippen LogP contribution in [0.1, 0.15) is 22.3 Å². The third-order valence-corrected chi connectivity index (χ3v) is 5.45. The standard InChI is InChI=1S/C15H20N2O4S/c1-22(19,20)17-7-2-6-16(8-9-17)15(18)13-3-4-14-12(11-13)5-10-21-14/h3-4,11H,2,5-10H2,1H3. The molecule has 0 atom stereocenters. The minimum absolute atomic E-state index is 0.0370. The summed E-state index contributed by atoms with van der Waals surface area (Å²) in [4.78, 5) is 14.4. The van der Waals surface area contributed by atoms with Crippen molar-refractivity contribution in [2.75, 3.05) is 39.0 Å². The van der Waals surface area contributed by atoms with Gasteiger partial charge in [-0.1, -0.05) is 0 Å². The van der Waals surface area contributed by atoms with Crippen LogP contribution in [0.3, 0.4) is 0 Å². The molecular weight excluding hydrogens is 304 g/mol. The van der Waals surface area contributed by atoms with Gasteiger partial charge < -0.3 is 9.64 Å². The lowest BCUT2D eigenvalue weighted by molar-refractivity contribution is 0.0764. The fourth-order valence-electron chi connectivity index (χ4n) is 2.93. The number of rotatable bonds is 2. The molecule has 120 valence electrons. The fourth-order valence-corrected chi connectivity index (χ4v) is 3.80. The number of carbonyl (C=O) groups is 1. The summed E-state index contributed by atoms with van der Waals surface area (Å²) in [5.41, 5.74) is 1.72. The van der Waals surface area contributed by atoms with Crippen LogP contribution in [0.2, 0.25) is 0 Å². The number of hydrogen-bond donors (Lipinski definition) is 0. The highest BCUT2D eigenvalue weighted by Crippen LogP contribution is 2.26. The van der Waals surface area contributed by atoms with E-state index in [1.165, 1.54) is 10.6 Å². The van der Waals surface area contributed by atoms with E-state index >= 15 is 0 Å². The third-order valence-electron chi connectivity index (χ3n) is 4.15. The summed E-state index contributed by atoms with van der Waals surface area (Å²) in [6, 6.07) is 5.52. The predicted octanol–water partition coefficient (Wildman–Crippen LogP) is 0.729. The highest BCUT2D eigenvalue weighted by molar-refractivity contribution is 7.88. The zero-order chi connectivity index (χ0) is 15.7. The van der Waals surface area contributed by atoms with Gasteiger partial charge in [0.15, 0.2) is 0 Å². The Morgan fingerprint density at radius 2 is 2.00 bits per heavy atom. The number of fused-ring (bicyclic) bond motifs is 1. The van der Waals surface area contributed by atoms with Crippen molar-refractivity contribution >= 4 is 15.9 Å². The summed E-state index contributed by atoms with van der Waals surface area (Å²) in [5.74, 6) is 0.820. The minimum atomic E-state index is -3.19. The Kier molecular flexibility index (Phi) is 4.10. The summed E-state index contributed by atoms with van der Waals surface area (Å²) in [6.07, 6.45) is 2.70. The largest absolute Gasteiger partial charge is 0.493 e. The van der Waals surface area contributed by atoms with E-state index in [-0.39, 0.29) is 5.91 Å². The van der Waals surface area contributed by atoms with E-state index in [9.17, 15) is 13.2 Å². The number of sulfonamides is 1. The van der Waals surface area contributed by atoms with Crippen LogP contribution in [0.4, 0.5) is 0 Å². The molecular formula is C15H20N2O4S. The zero-order valence-electron chi connectivity index (χ0n) is 12.6. The molecule has 2 aliphatic rings. The van der Waals surface area contributed by atoms with E-state index in [1.54, 1.807) is 11.0 Å². The maximum Gasteiger partial charge on any atom is 0.253 e. The van der Waals surface area contributed by atoms with Crippen LogP contribution in [0, 0.1) is 0 Å². The van der Waals surface area contributed by atoms with Crippen molar-refractivity contribution < 1.29 is 17.9 Å². The van der Waals surface area contributed by atoms with Gasteiger partial charge in [-0.2, -0.15) is 0 Å². The first-order valence-corrected chi connectivity index (χ1v) is 9.30. The van der Waals surface area contributed by atoms with Gasteiger partial charge in [-0.3, -0.25) is 4.79 Å². The lowest BCUT2D eigenvalue weighted by Gasteiger charge is -2.21. The van der Waals surface area contributed by atoms with Gasteiger partial charge >= 0.3 is 0 Å². The maximum absolute atomic E-state index is 12.6. The van der Waals surface area contributed by atoms with Crippen LogP contribution in [-0.2, 0) is 16.4 Å². The summed E-state index contributed by atoms with van der Waals surface area (Å²) in [5, 5.41) is 0. The lowest BCUT2D eigenvalue weighted by atomic mass is 10.1. The summed E-state index contributed by atoms with van der Waals surface area (Å²) < 4.78 is 30.1. The minimum Gasteiger partial charge on any atom is -0.493 e. The first kappa shape index (κ1) is 15.3. The van der Waals surface area contributed by atoms with Gasteiger partial charge in [0.2, 0.25) is 10.0 Å². The Labute approximate surface area is 130 Å². The first-order valence-electron chi connectivity index (χ1n) is 7.45. The molecule has 0 spiro atoms. The number of amides is 1. The second-order valence-electron chi connectivity index (χ2n) is 5.73. The quantitative estimate of drug-likeness (QED) is 0.804. The average molecular weight is 324 g/mol. The Morgan fingerprint density at radius 3 is 2.77 bits per heavy atom. The van der Waals surface area contributed by atoms with Crippen LogP contribution in [0.5, 0.6) is 5.75 Å². The van der Waals surface area contributed by atoms with E-state index in [1.807, 2.05) is 12.1 Å². The highest BCUT2D eigenvalue weighted by Gasteiger charge is 2.25. The van der Waals surface area contributed by atoms with E-state index in [0.717, 1.165) is 17.7 Å². The maximum atomic E-state index is 12.6. The van der Waals surface area contributed by atoms with Gasteiger partial charge in [0.1, 0.15) is 5.75 Å². The van der Waals surface area contributed by atoms with Crippen LogP contribution in [0.15, 0.2) is 18.2 Å². The molecule has 6 nitrogen and oxygen atoms in total. The van der Waals surface area contributed by atoms with Gasteiger partial charge in [-0.15, -0.1) is 0 Å². The topological polar surface area (TPSA) is 66.9 Å². The van der Waals surface area contributed by atoms with Crippen molar-refractivity contribution in [1.29, 1.82) is 0 Å². The second-order valence-corrected chi connectivity index (χ2v) is 7.71. The summed E-state index contributed by atoms with van der Waals surface area (Å²) >= 11 is 0. The molecule has 0 aromatic heterocycles. The van der Waals surface area contributed by atoms with Crippen LogP contribution in [-0.4, -0.2) is 62.6 Å². The molecule has 0 radical (unpaired) electrons. The number of nitrogens with zero attached hydrogens (tertiary/aromatic N) is 2. The third kappa shape index (κ3) is 3.10. The van der Waals surface area contributed by atoms with Crippen molar-refractivity contribution in [1.82, 2.24) is 9.21 Å². The summed E-state index contributed by atoms with van der Waals surface area (Å²) in [7, 11) is -3.19. The van der Waals surface area contributed by atoms with Crippen molar-refractivity contribution in [3.8, 4) is 5.75 Å². The monoisotopic (exact) mass is 324 g/mol. The average Bonchev–Trinajstić information content (AvgIpc) is 2.78. The molecule has 0 N–H and O–H groups in total. The number of hydrogen-bond acceptors (Lipinski definition) is 4. The molecule has 22 heavy (non-hydrogen) atoms. The summed E-state index contributed by atoms with van der Waals surface area (Å²) in [6.45, 7) is 2.51. The lowest BCUT2D eigenvalue weighted by Crippen LogP contribution is -2.36. The van der Waals surface area contributed by atoms with Gasteiger partial charge in [0.05, 0.1) is 12.9 Å². The molecule has 1 fully saturated rings. The molecule has 3 rings (SSSR count). The molecule has 1 amide bonds. The second kappa shape index (κ2) is 5.89. The van der Waals surface area contributed by atoms with Gasteiger partial charge in [-0.05, 0) is 30.2 Å². The van der Waals surface area contributed by atoms with Crippen molar-refractivity contribution in [2.24, 2.45) is 0 Å². The van der Waals surface area contributed by atoms with E-state index in [4.69, 9.17) is 4.74 Å². The zero-order valence-corrected chi connectivity index (χ0v) is 13.4. The van der Waals surface area contributed by atoms with E-state index < -0.39 is 10.0 Å². The van der Waals surface area contributed by atoms with Gasteiger partial charge in [0, 0.05) is 38.2 Å². The Balaban J connectivity index is 1.73. The Morgan fingerprint density at radius 1 is 1.18 bits per heavy atom. The van der Waals surface area contributed by atoms with Gasteiger partial charge in [0.25, 0.3) is 5.91 Å². The SMILES string of the molecule is CS(=O)(=O)N1CCCN(C(=O)c2ccc3c(c2)CCO3)CC1. The Bertz CT molecular complexity index is 687. The normalized spacial score (nSPS) is 19.4. The van der Waals surface area contributed by atoms with Crippen molar-refractivity contribution in [3.63, 3.8) is 0 Å². The molecule has 1 saturated heterocycles. The number of carbonyl (C=O) groups excluding carboxylic acids is 1. The van der Waals surface area contributed by atoms with E-state index in [0.29, 0.717) is 44.8 Å². The molecule has 0 aliphatic carbocycles. The Hall–Kier alpha value is -1.60. The van der Waals surface area contributed by atoms with Crippen molar-refractivity contribution in [2.45, 2.75) is 12.8 Å². The number of ether oxygens (including phenoxy) is 1. The van der Waals surface area contributed by atoms with Crippen LogP contribution < -0.4 is 4.74 Å². The first-order chi connectivity index (χ1) is 10.4. The van der Waals surface area contributed by atoms with Crippen LogP contribution >= 0.6 is 0 Å². The highest BCUT2D eigenvalue weighted by atomic mass is 32.2. The molecule has 0 saturated carbocycles. The molecule has 1 aromatic carbocycles. The molecule has 2 heterocycles. The van der Waals surface area contributed by atoms with Crippen molar-refractivity contribution in [3.05, 3.63) is 29.3 Å².